The summed E-state index contributed by atoms with van der Waals surface area (Å²) < 4.78 is 0. The third-order valence-corrected chi connectivity index (χ3v) is 3.38. The SMILES string of the molecule is O=C(Nc1ccc(N2CCCC2)cn1)c1cccnc1. The van der Waals surface area contributed by atoms with Crippen molar-refractivity contribution < 1.29 is 4.79 Å². The Hall–Kier alpha value is -2.43. The number of amides is 1. The molecular weight excluding hydrogens is 252 g/mol. The molecule has 0 saturated carbocycles. The summed E-state index contributed by atoms with van der Waals surface area (Å²) in [5.74, 6) is 0.362. The van der Waals surface area contributed by atoms with Crippen molar-refractivity contribution >= 4 is 17.4 Å². The number of aromatic nitrogens is 2. The minimum atomic E-state index is -0.195. The van der Waals surface area contributed by atoms with Crippen molar-refractivity contribution in [3.05, 3.63) is 48.4 Å². The molecule has 3 heterocycles. The van der Waals surface area contributed by atoms with Gasteiger partial charge < -0.3 is 10.2 Å². The molecule has 1 saturated heterocycles. The molecule has 2 aromatic heterocycles. The second-order valence-corrected chi connectivity index (χ2v) is 4.79. The van der Waals surface area contributed by atoms with Crippen molar-refractivity contribution in [1.82, 2.24) is 9.97 Å². The number of hydrogen-bond donors (Lipinski definition) is 1. The van der Waals surface area contributed by atoms with E-state index in [9.17, 15) is 4.79 Å². The zero-order valence-electron chi connectivity index (χ0n) is 11.1. The van der Waals surface area contributed by atoms with E-state index < -0.39 is 0 Å². The van der Waals surface area contributed by atoms with Crippen LogP contribution in [-0.2, 0) is 0 Å². The molecule has 1 N–H and O–H groups in total. The van der Waals surface area contributed by atoms with Gasteiger partial charge in [-0.3, -0.25) is 9.78 Å². The number of anilines is 2. The summed E-state index contributed by atoms with van der Waals surface area (Å²) in [5, 5.41) is 2.77. The van der Waals surface area contributed by atoms with E-state index in [0.29, 0.717) is 11.4 Å². The van der Waals surface area contributed by atoms with E-state index in [2.05, 4.69) is 20.2 Å². The zero-order valence-corrected chi connectivity index (χ0v) is 11.1. The van der Waals surface area contributed by atoms with E-state index in [-0.39, 0.29) is 5.91 Å². The van der Waals surface area contributed by atoms with Crippen LogP contribution in [0.4, 0.5) is 11.5 Å². The van der Waals surface area contributed by atoms with Crippen LogP contribution in [0.2, 0.25) is 0 Å². The number of nitrogens with zero attached hydrogens (tertiary/aromatic N) is 3. The summed E-state index contributed by atoms with van der Waals surface area (Å²) in [4.78, 5) is 22.5. The lowest BCUT2D eigenvalue weighted by atomic mass is 10.2. The van der Waals surface area contributed by atoms with Gasteiger partial charge in [-0.25, -0.2) is 4.98 Å². The van der Waals surface area contributed by atoms with Gasteiger partial charge in [-0.05, 0) is 37.1 Å². The van der Waals surface area contributed by atoms with Gasteiger partial charge in [0.15, 0.2) is 0 Å². The van der Waals surface area contributed by atoms with E-state index in [0.717, 1.165) is 18.8 Å². The molecule has 5 heteroatoms. The largest absolute Gasteiger partial charge is 0.370 e. The Bertz CT molecular complexity index is 577. The average Bonchev–Trinajstić information content (AvgIpc) is 3.03. The molecule has 0 radical (unpaired) electrons. The summed E-state index contributed by atoms with van der Waals surface area (Å²) in [6.07, 6.45) is 7.46. The number of nitrogens with one attached hydrogen (secondary N) is 1. The molecule has 20 heavy (non-hydrogen) atoms. The molecule has 3 rings (SSSR count). The van der Waals surface area contributed by atoms with Crippen molar-refractivity contribution in [2.24, 2.45) is 0 Å². The lowest BCUT2D eigenvalue weighted by Gasteiger charge is -2.17. The summed E-state index contributed by atoms with van der Waals surface area (Å²) in [6, 6.07) is 7.29. The maximum Gasteiger partial charge on any atom is 0.258 e. The summed E-state index contributed by atoms with van der Waals surface area (Å²) in [7, 11) is 0. The zero-order chi connectivity index (χ0) is 13.8. The molecule has 1 aliphatic heterocycles. The van der Waals surface area contributed by atoms with E-state index in [1.54, 1.807) is 18.3 Å². The van der Waals surface area contributed by atoms with Gasteiger partial charge in [0.05, 0.1) is 17.4 Å². The van der Waals surface area contributed by atoms with Gasteiger partial charge in [-0.2, -0.15) is 0 Å². The fraction of sp³-hybridized carbons (Fsp3) is 0.267. The van der Waals surface area contributed by atoms with E-state index >= 15 is 0 Å². The minimum absolute atomic E-state index is 0.195. The molecule has 1 aliphatic rings. The molecule has 1 amide bonds. The van der Waals surface area contributed by atoms with Crippen molar-refractivity contribution in [3.63, 3.8) is 0 Å². The molecule has 0 atom stereocenters. The molecule has 102 valence electrons. The topological polar surface area (TPSA) is 58.1 Å². The maximum atomic E-state index is 12.0. The van der Waals surface area contributed by atoms with Crippen LogP contribution in [-0.4, -0.2) is 29.0 Å². The number of carbonyl (C=O) groups is 1. The number of carbonyl (C=O) groups excluding carboxylic acids is 1. The van der Waals surface area contributed by atoms with Crippen molar-refractivity contribution in [2.75, 3.05) is 23.3 Å². The Morgan fingerprint density at radius 2 is 2.00 bits per heavy atom. The normalized spacial score (nSPS) is 14.3. The van der Waals surface area contributed by atoms with Crippen LogP contribution >= 0.6 is 0 Å². The van der Waals surface area contributed by atoms with Gasteiger partial charge in [-0.15, -0.1) is 0 Å². The van der Waals surface area contributed by atoms with Gasteiger partial charge in [0.25, 0.3) is 5.91 Å². The van der Waals surface area contributed by atoms with Crippen molar-refractivity contribution in [2.45, 2.75) is 12.8 Å². The molecule has 0 unspecified atom stereocenters. The highest BCUT2D eigenvalue weighted by atomic mass is 16.1. The molecular formula is C15H16N4O. The van der Waals surface area contributed by atoms with Gasteiger partial charge in [0.1, 0.15) is 5.82 Å². The average molecular weight is 268 g/mol. The molecule has 5 nitrogen and oxygen atoms in total. The quantitative estimate of drug-likeness (QED) is 0.928. The molecule has 2 aromatic rings. The molecule has 0 bridgehead atoms. The van der Waals surface area contributed by atoms with Crippen LogP contribution < -0.4 is 10.2 Å². The summed E-state index contributed by atoms with van der Waals surface area (Å²) >= 11 is 0. The molecule has 1 fully saturated rings. The first-order valence-corrected chi connectivity index (χ1v) is 6.75. The monoisotopic (exact) mass is 268 g/mol. The van der Waals surface area contributed by atoms with Gasteiger partial charge in [0.2, 0.25) is 0 Å². The van der Waals surface area contributed by atoms with Crippen LogP contribution in [0.3, 0.4) is 0 Å². The number of pyridine rings is 2. The van der Waals surface area contributed by atoms with Crippen LogP contribution in [0.1, 0.15) is 23.2 Å². The second kappa shape index (κ2) is 5.69. The van der Waals surface area contributed by atoms with E-state index in [1.807, 2.05) is 18.3 Å². The third-order valence-electron chi connectivity index (χ3n) is 3.38. The summed E-state index contributed by atoms with van der Waals surface area (Å²) in [5.41, 5.74) is 1.64. The highest BCUT2D eigenvalue weighted by molar-refractivity contribution is 6.03. The van der Waals surface area contributed by atoms with Gasteiger partial charge >= 0.3 is 0 Å². The number of hydrogen-bond acceptors (Lipinski definition) is 4. The first-order valence-electron chi connectivity index (χ1n) is 6.75. The predicted octanol–water partition coefficient (Wildman–Crippen LogP) is 2.33. The molecule has 0 aromatic carbocycles. The van der Waals surface area contributed by atoms with Crippen molar-refractivity contribution in [3.8, 4) is 0 Å². The fourth-order valence-electron chi connectivity index (χ4n) is 2.31. The van der Waals surface area contributed by atoms with Crippen LogP contribution in [0, 0.1) is 0 Å². The predicted molar refractivity (Wildman–Crippen MR) is 77.9 cm³/mol. The Morgan fingerprint density at radius 1 is 1.15 bits per heavy atom. The lowest BCUT2D eigenvalue weighted by Crippen LogP contribution is -2.18. The minimum Gasteiger partial charge on any atom is -0.370 e. The van der Waals surface area contributed by atoms with E-state index in [4.69, 9.17) is 0 Å². The first kappa shape index (κ1) is 12.6. The Labute approximate surface area is 117 Å². The Morgan fingerprint density at radius 3 is 2.65 bits per heavy atom. The maximum absolute atomic E-state index is 12.0. The third kappa shape index (κ3) is 2.77. The molecule has 0 aliphatic carbocycles. The van der Waals surface area contributed by atoms with Crippen molar-refractivity contribution in [1.29, 1.82) is 0 Å². The van der Waals surface area contributed by atoms with Crippen LogP contribution in [0.15, 0.2) is 42.9 Å². The summed E-state index contributed by atoms with van der Waals surface area (Å²) in [6.45, 7) is 2.17. The standard InChI is InChI=1S/C15H16N4O/c20-15(12-4-3-7-16-10-12)18-14-6-5-13(11-17-14)19-8-1-2-9-19/h3-7,10-11H,1-2,8-9H2,(H,17,18,20). The first-order chi connectivity index (χ1) is 9.83. The fourth-order valence-corrected chi connectivity index (χ4v) is 2.31. The second-order valence-electron chi connectivity index (χ2n) is 4.79. The van der Waals surface area contributed by atoms with Gasteiger partial charge in [-0.1, -0.05) is 0 Å². The number of rotatable bonds is 3. The highest BCUT2D eigenvalue weighted by Crippen LogP contribution is 2.20. The van der Waals surface area contributed by atoms with Crippen LogP contribution in [0.25, 0.3) is 0 Å². The highest BCUT2D eigenvalue weighted by Gasteiger charge is 2.13. The van der Waals surface area contributed by atoms with Gasteiger partial charge in [0, 0.05) is 25.5 Å². The van der Waals surface area contributed by atoms with Crippen LogP contribution in [0.5, 0.6) is 0 Å². The molecule has 0 spiro atoms. The lowest BCUT2D eigenvalue weighted by molar-refractivity contribution is 0.102. The van der Waals surface area contributed by atoms with E-state index in [1.165, 1.54) is 19.0 Å². The Balaban J connectivity index is 1.67. The Kier molecular flexibility index (Phi) is 3.58. The smallest absolute Gasteiger partial charge is 0.258 e.